The lowest BCUT2D eigenvalue weighted by atomic mass is 9.93. The second-order valence-electron chi connectivity index (χ2n) is 7.69. The van der Waals surface area contributed by atoms with E-state index in [0.29, 0.717) is 35.2 Å². The number of pyridine rings is 1. The minimum atomic E-state index is -3.41. The Balaban J connectivity index is 0.00000218. The van der Waals surface area contributed by atoms with Gasteiger partial charge in [-0.3, -0.25) is 10.0 Å². The van der Waals surface area contributed by atoms with E-state index in [-0.39, 0.29) is 5.41 Å². The number of anilines is 2. The van der Waals surface area contributed by atoms with Crippen LogP contribution in [0, 0.1) is 12.3 Å². The van der Waals surface area contributed by atoms with Crippen LogP contribution in [0.5, 0.6) is 0 Å². The van der Waals surface area contributed by atoms with Gasteiger partial charge >= 0.3 is 6.09 Å². The van der Waals surface area contributed by atoms with Crippen molar-refractivity contribution < 1.29 is 17.9 Å². The average molecular weight is 441 g/mol. The van der Waals surface area contributed by atoms with Crippen molar-refractivity contribution in [2.24, 2.45) is 12.5 Å². The number of carbonyl (C=O) groups excluding carboxylic acids is 1. The summed E-state index contributed by atoms with van der Waals surface area (Å²) in [4.78, 5) is 16.5. The molecule has 0 aliphatic heterocycles. The van der Waals surface area contributed by atoms with Gasteiger partial charge in [0.2, 0.25) is 10.0 Å². The van der Waals surface area contributed by atoms with Gasteiger partial charge < -0.3 is 4.74 Å². The summed E-state index contributed by atoms with van der Waals surface area (Å²) in [5, 5.41) is 10.6. The highest BCUT2D eigenvalue weighted by Gasteiger charge is 2.19. The molecule has 2 heterocycles. The van der Waals surface area contributed by atoms with Crippen LogP contribution in [0.2, 0.25) is 0 Å². The van der Waals surface area contributed by atoms with Crippen LogP contribution >= 0.6 is 0 Å². The Morgan fingerprint density at radius 2 is 1.87 bits per heavy atom. The molecular weight excluding hydrogens is 408 g/mol. The molecule has 2 aromatic rings. The number of rotatable bonds is 6. The van der Waals surface area contributed by atoms with Gasteiger partial charge in [0.25, 0.3) is 0 Å². The molecule has 2 rings (SSSR count). The normalized spacial score (nSPS) is 11.3. The van der Waals surface area contributed by atoms with E-state index < -0.39 is 16.1 Å². The molecule has 0 saturated heterocycles. The standard InChI is InChI=1S/C17H26N6O4S.C2H6/c1-11-12(21-28(6,25)26)7-8-13(18-11)14-15(23(5)22-20-14)19-16(24)27-10-9-17(2,3)4;1-2/h7-8,21H,9-10H2,1-6H3,(H,19,24);1-2H3. The third-order valence-electron chi connectivity index (χ3n) is 3.76. The molecule has 10 nitrogen and oxygen atoms in total. The number of amides is 1. The van der Waals surface area contributed by atoms with Crippen molar-refractivity contribution >= 4 is 27.6 Å². The number of aromatic nitrogens is 4. The first-order valence-corrected chi connectivity index (χ1v) is 11.5. The van der Waals surface area contributed by atoms with E-state index in [1.807, 2.05) is 13.8 Å². The molecule has 0 aromatic carbocycles. The van der Waals surface area contributed by atoms with E-state index in [1.165, 1.54) is 4.68 Å². The fourth-order valence-corrected chi connectivity index (χ4v) is 2.87. The Morgan fingerprint density at radius 1 is 1.23 bits per heavy atom. The first kappa shape index (κ1) is 25.3. The summed E-state index contributed by atoms with van der Waals surface area (Å²) in [5.41, 5.74) is 1.68. The van der Waals surface area contributed by atoms with Gasteiger partial charge in [0.15, 0.2) is 11.5 Å². The third-order valence-corrected chi connectivity index (χ3v) is 4.35. The molecule has 0 spiro atoms. The maximum atomic E-state index is 12.1. The van der Waals surface area contributed by atoms with Crippen LogP contribution in [0.15, 0.2) is 12.1 Å². The van der Waals surface area contributed by atoms with Gasteiger partial charge in [-0.15, -0.1) is 5.10 Å². The van der Waals surface area contributed by atoms with Crippen LogP contribution in [0.25, 0.3) is 11.4 Å². The van der Waals surface area contributed by atoms with Crippen molar-refractivity contribution in [3.05, 3.63) is 17.8 Å². The number of carbonyl (C=O) groups is 1. The van der Waals surface area contributed by atoms with Crippen molar-refractivity contribution in [3.8, 4) is 11.4 Å². The predicted octanol–water partition coefficient (Wildman–Crippen LogP) is 3.57. The Morgan fingerprint density at radius 3 is 2.40 bits per heavy atom. The average Bonchev–Trinajstić information content (AvgIpc) is 2.97. The number of nitrogens with one attached hydrogen (secondary N) is 2. The van der Waals surface area contributed by atoms with E-state index in [4.69, 9.17) is 4.74 Å². The summed E-state index contributed by atoms with van der Waals surface area (Å²) < 4.78 is 31.8. The van der Waals surface area contributed by atoms with Crippen LogP contribution in [0.1, 0.15) is 46.7 Å². The van der Waals surface area contributed by atoms with E-state index in [0.717, 1.165) is 12.7 Å². The number of hydrogen-bond acceptors (Lipinski definition) is 7. The van der Waals surface area contributed by atoms with E-state index in [2.05, 4.69) is 46.1 Å². The molecule has 168 valence electrons. The molecule has 0 unspecified atom stereocenters. The van der Waals surface area contributed by atoms with Crippen LogP contribution in [-0.2, 0) is 21.8 Å². The van der Waals surface area contributed by atoms with Crippen molar-refractivity contribution in [2.45, 2.75) is 48.0 Å². The van der Waals surface area contributed by atoms with Gasteiger partial charge in [0.1, 0.15) is 0 Å². The second-order valence-corrected chi connectivity index (χ2v) is 9.43. The van der Waals surface area contributed by atoms with Gasteiger partial charge in [0.05, 0.1) is 29.9 Å². The molecule has 30 heavy (non-hydrogen) atoms. The number of aryl methyl sites for hydroxylation is 2. The summed E-state index contributed by atoms with van der Waals surface area (Å²) in [6.45, 7) is 12.1. The molecule has 0 radical (unpaired) electrons. The lowest BCUT2D eigenvalue weighted by molar-refractivity contribution is 0.145. The van der Waals surface area contributed by atoms with Crippen molar-refractivity contribution in [1.82, 2.24) is 20.0 Å². The lowest BCUT2D eigenvalue weighted by Gasteiger charge is -2.17. The summed E-state index contributed by atoms with van der Waals surface area (Å²) in [6.07, 6.45) is 1.19. The molecule has 0 fully saturated rings. The molecule has 0 saturated carbocycles. The van der Waals surface area contributed by atoms with Crippen LogP contribution in [0.4, 0.5) is 16.3 Å². The van der Waals surface area contributed by atoms with Gasteiger partial charge in [-0.1, -0.05) is 39.8 Å². The minimum absolute atomic E-state index is 0.0583. The highest BCUT2D eigenvalue weighted by atomic mass is 32.2. The topological polar surface area (TPSA) is 128 Å². The summed E-state index contributed by atoms with van der Waals surface area (Å²) in [5.74, 6) is 0.330. The van der Waals surface area contributed by atoms with Crippen molar-refractivity contribution in [2.75, 3.05) is 22.9 Å². The Hall–Kier alpha value is -2.69. The molecule has 0 atom stereocenters. The molecule has 11 heteroatoms. The molecule has 0 bridgehead atoms. The third kappa shape index (κ3) is 7.97. The smallest absolute Gasteiger partial charge is 0.412 e. The zero-order chi connectivity index (χ0) is 23.1. The first-order valence-electron chi connectivity index (χ1n) is 9.65. The lowest BCUT2D eigenvalue weighted by Crippen LogP contribution is -2.19. The van der Waals surface area contributed by atoms with Crippen LogP contribution < -0.4 is 10.0 Å². The number of sulfonamides is 1. The molecule has 2 aromatic heterocycles. The molecule has 1 amide bonds. The maximum Gasteiger partial charge on any atom is 0.412 e. The molecular formula is C19H32N6O4S. The molecule has 2 N–H and O–H groups in total. The van der Waals surface area contributed by atoms with Gasteiger partial charge in [-0.25, -0.2) is 22.9 Å². The van der Waals surface area contributed by atoms with Crippen LogP contribution in [-0.4, -0.2) is 47.4 Å². The van der Waals surface area contributed by atoms with E-state index in [1.54, 1.807) is 26.1 Å². The minimum Gasteiger partial charge on any atom is -0.449 e. The maximum absolute atomic E-state index is 12.1. The fourth-order valence-electron chi connectivity index (χ4n) is 2.25. The summed E-state index contributed by atoms with van der Waals surface area (Å²) in [7, 11) is -1.78. The Labute approximate surface area is 178 Å². The highest BCUT2D eigenvalue weighted by molar-refractivity contribution is 7.92. The van der Waals surface area contributed by atoms with Crippen molar-refractivity contribution in [3.63, 3.8) is 0 Å². The van der Waals surface area contributed by atoms with E-state index in [9.17, 15) is 13.2 Å². The first-order chi connectivity index (χ1) is 13.9. The summed E-state index contributed by atoms with van der Waals surface area (Å²) >= 11 is 0. The summed E-state index contributed by atoms with van der Waals surface area (Å²) in [6, 6.07) is 3.18. The monoisotopic (exact) mass is 440 g/mol. The largest absolute Gasteiger partial charge is 0.449 e. The molecule has 0 aliphatic rings. The number of nitrogens with zero attached hydrogens (tertiary/aromatic N) is 4. The zero-order valence-electron chi connectivity index (χ0n) is 18.9. The van der Waals surface area contributed by atoms with Crippen molar-refractivity contribution in [1.29, 1.82) is 0 Å². The van der Waals surface area contributed by atoms with Gasteiger partial charge in [-0.05, 0) is 30.9 Å². The quantitative estimate of drug-likeness (QED) is 0.702. The zero-order valence-corrected chi connectivity index (χ0v) is 19.7. The van der Waals surface area contributed by atoms with Gasteiger partial charge in [0, 0.05) is 7.05 Å². The second kappa shape index (κ2) is 10.4. The van der Waals surface area contributed by atoms with E-state index >= 15 is 0 Å². The highest BCUT2D eigenvalue weighted by Crippen LogP contribution is 2.26. The number of ether oxygens (including phenoxy) is 1. The van der Waals surface area contributed by atoms with Crippen LogP contribution in [0.3, 0.4) is 0 Å². The number of hydrogen-bond donors (Lipinski definition) is 2. The Bertz CT molecular complexity index is 964. The molecule has 0 aliphatic carbocycles. The Kier molecular flexibility index (Phi) is 8.76. The van der Waals surface area contributed by atoms with Gasteiger partial charge in [-0.2, -0.15) is 0 Å². The SMILES string of the molecule is CC.Cc1nc(-c2nnn(C)c2NC(=O)OCCC(C)(C)C)ccc1NS(C)(=O)=O. The predicted molar refractivity (Wildman–Crippen MR) is 118 cm³/mol. The fraction of sp³-hybridized carbons (Fsp3) is 0.579.